The molecule has 1 aromatic rings. The van der Waals surface area contributed by atoms with Crippen LogP contribution >= 0.6 is 0 Å². The van der Waals surface area contributed by atoms with Gasteiger partial charge in [0.25, 0.3) is 5.91 Å². The maximum absolute atomic E-state index is 13.5. The molecule has 2 saturated heterocycles. The molecule has 0 saturated carbocycles. The minimum absolute atomic E-state index is 0.230. The minimum Gasteiger partial charge on any atom is -0.496 e. The first-order valence-corrected chi connectivity index (χ1v) is 8.00. The molecular formula is C17H22FNO4. The molecule has 2 aliphatic rings. The van der Waals surface area contributed by atoms with Gasteiger partial charge in [-0.15, -0.1) is 0 Å². The number of benzene rings is 1. The van der Waals surface area contributed by atoms with Crippen LogP contribution in [0.5, 0.6) is 5.75 Å². The van der Waals surface area contributed by atoms with Gasteiger partial charge < -0.3 is 19.5 Å². The molecule has 3 rings (SSSR count). The van der Waals surface area contributed by atoms with E-state index >= 15 is 0 Å². The van der Waals surface area contributed by atoms with Gasteiger partial charge in [-0.25, -0.2) is 4.39 Å². The lowest BCUT2D eigenvalue weighted by molar-refractivity contribution is -0.174. The number of carbonyl (C=O) groups is 1. The summed E-state index contributed by atoms with van der Waals surface area (Å²) in [6.07, 6.45) is 2.32. The van der Waals surface area contributed by atoms with Gasteiger partial charge in [-0.3, -0.25) is 4.79 Å². The molecule has 126 valence electrons. The largest absolute Gasteiger partial charge is 0.496 e. The Balaban J connectivity index is 1.72. The lowest BCUT2D eigenvalue weighted by Crippen LogP contribution is -2.56. The van der Waals surface area contributed by atoms with Crippen molar-refractivity contribution in [3.05, 3.63) is 29.6 Å². The number of hydrogen-bond donors (Lipinski definition) is 1. The number of carbonyl (C=O) groups excluding carboxylic acids is 1. The van der Waals surface area contributed by atoms with Crippen molar-refractivity contribution < 1.29 is 23.8 Å². The SMILES string of the molecule is COc1ccc(F)cc1C(=O)N1CCC2(CC1)OCCC[C@@H]2O. The van der Waals surface area contributed by atoms with Crippen LogP contribution in [0.15, 0.2) is 18.2 Å². The lowest BCUT2D eigenvalue weighted by atomic mass is 9.82. The van der Waals surface area contributed by atoms with Crippen molar-refractivity contribution >= 4 is 5.91 Å². The van der Waals surface area contributed by atoms with E-state index in [0.717, 1.165) is 12.8 Å². The number of hydrogen-bond acceptors (Lipinski definition) is 4. The Labute approximate surface area is 135 Å². The number of methoxy groups -OCH3 is 1. The van der Waals surface area contributed by atoms with E-state index in [1.165, 1.54) is 25.3 Å². The topological polar surface area (TPSA) is 59.0 Å². The fraction of sp³-hybridized carbons (Fsp3) is 0.588. The summed E-state index contributed by atoms with van der Waals surface area (Å²) in [5.41, 5.74) is -0.297. The lowest BCUT2D eigenvalue weighted by Gasteiger charge is -2.46. The molecule has 1 aromatic carbocycles. The first kappa shape index (κ1) is 16.2. The molecule has 2 aliphatic heterocycles. The number of ether oxygens (including phenoxy) is 2. The predicted octanol–water partition coefficient (Wildman–Crippen LogP) is 1.98. The van der Waals surface area contributed by atoms with E-state index in [4.69, 9.17) is 9.47 Å². The molecule has 1 N–H and O–H groups in total. The van der Waals surface area contributed by atoms with Crippen LogP contribution in [0.3, 0.4) is 0 Å². The highest BCUT2D eigenvalue weighted by Crippen LogP contribution is 2.36. The highest BCUT2D eigenvalue weighted by Gasteiger charge is 2.44. The summed E-state index contributed by atoms with van der Waals surface area (Å²) in [7, 11) is 1.46. The van der Waals surface area contributed by atoms with Gasteiger partial charge in [0.2, 0.25) is 0 Å². The van der Waals surface area contributed by atoms with Gasteiger partial charge >= 0.3 is 0 Å². The third kappa shape index (κ3) is 3.05. The Bertz CT molecular complexity index is 584. The van der Waals surface area contributed by atoms with Crippen LogP contribution in [-0.2, 0) is 4.74 Å². The molecule has 0 radical (unpaired) electrons. The van der Waals surface area contributed by atoms with E-state index in [1.54, 1.807) is 4.90 Å². The van der Waals surface area contributed by atoms with Crippen LogP contribution in [0.4, 0.5) is 4.39 Å². The first-order valence-electron chi connectivity index (χ1n) is 8.00. The number of aliphatic hydroxyl groups excluding tert-OH is 1. The smallest absolute Gasteiger partial charge is 0.257 e. The molecule has 6 heteroatoms. The quantitative estimate of drug-likeness (QED) is 0.904. The second-order valence-corrected chi connectivity index (χ2v) is 6.21. The number of nitrogens with zero attached hydrogens (tertiary/aromatic N) is 1. The summed E-state index contributed by atoms with van der Waals surface area (Å²) >= 11 is 0. The summed E-state index contributed by atoms with van der Waals surface area (Å²) < 4.78 is 24.5. The van der Waals surface area contributed by atoms with Crippen LogP contribution in [0.1, 0.15) is 36.0 Å². The van der Waals surface area contributed by atoms with E-state index in [2.05, 4.69) is 0 Å². The zero-order valence-electron chi connectivity index (χ0n) is 13.3. The minimum atomic E-state index is -0.527. The maximum Gasteiger partial charge on any atom is 0.257 e. The van der Waals surface area contributed by atoms with Gasteiger partial charge in [-0.05, 0) is 43.9 Å². The van der Waals surface area contributed by atoms with Crippen molar-refractivity contribution in [3.63, 3.8) is 0 Å². The van der Waals surface area contributed by atoms with E-state index < -0.39 is 17.5 Å². The van der Waals surface area contributed by atoms with Crippen molar-refractivity contribution in [1.82, 2.24) is 4.90 Å². The van der Waals surface area contributed by atoms with Crippen molar-refractivity contribution in [2.24, 2.45) is 0 Å². The fourth-order valence-corrected chi connectivity index (χ4v) is 3.49. The summed E-state index contributed by atoms with van der Waals surface area (Å²) in [5, 5.41) is 10.2. The Hall–Kier alpha value is -1.66. The zero-order chi connectivity index (χ0) is 16.4. The first-order chi connectivity index (χ1) is 11.1. The monoisotopic (exact) mass is 323 g/mol. The predicted molar refractivity (Wildman–Crippen MR) is 82.0 cm³/mol. The second-order valence-electron chi connectivity index (χ2n) is 6.21. The van der Waals surface area contributed by atoms with Gasteiger partial charge in [0.15, 0.2) is 0 Å². The van der Waals surface area contributed by atoms with Gasteiger partial charge in [0.05, 0.1) is 24.4 Å². The summed E-state index contributed by atoms with van der Waals surface area (Å²) in [4.78, 5) is 14.3. The normalized spacial score (nSPS) is 23.8. The molecule has 1 spiro atoms. The average Bonchev–Trinajstić information content (AvgIpc) is 2.58. The van der Waals surface area contributed by atoms with E-state index in [0.29, 0.717) is 38.3 Å². The number of likely N-dealkylation sites (tertiary alicyclic amines) is 1. The zero-order valence-corrected chi connectivity index (χ0v) is 13.3. The molecule has 1 atom stereocenters. The summed E-state index contributed by atoms with van der Waals surface area (Å²) in [6.45, 7) is 1.62. The Morgan fingerprint density at radius 1 is 1.43 bits per heavy atom. The van der Waals surface area contributed by atoms with Crippen LogP contribution < -0.4 is 4.74 Å². The maximum atomic E-state index is 13.5. The van der Waals surface area contributed by atoms with Crippen LogP contribution in [-0.4, -0.2) is 54.4 Å². The molecule has 0 bridgehead atoms. The molecule has 0 unspecified atom stereocenters. The van der Waals surface area contributed by atoms with Gasteiger partial charge in [0, 0.05) is 19.7 Å². The summed E-state index contributed by atoms with van der Waals surface area (Å²) in [6, 6.07) is 3.94. The Kier molecular flexibility index (Phi) is 4.55. The highest BCUT2D eigenvalue weighted by atomic mass is 19.1. The van der Waals surface area contributed by atoms with Crippen molar-refractivity contribution in [2.75, 3.05) is 26.8 Å². The van der Waals surface area contributed by atoms with Gasteiger partial charge in [-0.1, -0.05) is 0 Å². The third-order valence-corrected chi connectivity index (χ3v) is 4.91. The fourth-order valence-electron chi connectivity index (χ4n) is 3.49. The van der Waals surface area contributed by atoms with Crippen LogP contribution in [0.2, 0.25) is 0 Å². The number of amides is 1. The number of aliphatic hydroxyl groups is 1. The van der Waals surface area contributed by atoms with Crippen molar-refractivity contribution in [1.29, 1.82) is 0 Å². The Morgan fingerprint density at radius 3 is 2.83 bits per heavy atom. The molecule has 2 fully saturated rings. The molecule has 0 aromatic heterocycles. The average molecular weight is 323 g/mol. The van der Waals surface area contributed by atoms with Crippen molar-refractivity contribution in [2.45, 2.75) is 37.4 Å². The third-order valence-electron chi connectivity index (χ3n) is 4.91. The summed E-state index contributed by atoms with van der Waals surface area (Å²) in [5.74, 6) is -0.346. The van der Waals surface area contributed by atoms with E-state index in [9.17, 15) is 14.3 Å². The number of rotatable bonds is 2. The van der Waals surface area contributed by atoms with E-state index in [1.807, 2.05) is 0 Å². The van der Waals surface area contributed by atoms with Crippen LogP contribution in [0.25, 0.3) is 0 Å². The number of piperidine rings is 1. The molecule has 5 nitrogen and oxygen atoms in total. The molecule has 2 heterocycles. The molecule has 0 aliphatic carbocycles. The van der Waals surface area contributed by atoms with Crippen LogP contribution in [0, 0.1) is 5.82 Å². The van der Waals surface area contributed by atoms with Crippen molar-refractivity contribution in [3.8, 4) is 5.75 Å². The molecule has 1 amide bonds. The van der Waals surface area contributed by atoms with Gasteiger partial charge in [-0.2, -0.15) is 0 Å². The Morgan fingerprint density at radius 2 is 2.17 bits per heavy atom. The van der Waals surface area contributed by atoms with E-state index in [-0.39, 0.29) is 11.5 Å². The molecule has 23 heavy (non-hydrogen) atoms. The highest BCUT2D eigenvalue weighted by molar-refractivity contribution is 5.97. The van der Waals surface area contributed by atoms with Gasteiger partial charge in [0.1, 0.15) is 11.6 Å². The second kappa shape index (κ2) is 6.45. The molecular weight excluding hydrogens is 301 g/mol. The standard InChI is InChI=1S/C17H22FNO4/c1-22-14-5-4-12(18)11-13(14)16(21)19-8-6-17(7-9-19)15(20)3-2-10-23-17/h4-5,11,15,20H,2-3,6-10H2,1H3/t15-/m0/s1. The number of halogens is 1.